The number of esters is 1. The Morgan fingerprint density at radius 3 is 2.39 bits per heavy atom. The maximum absolute atomic E-state index is 13.1. The maximum Gasteiger partial charge on any atom is 0.338 e. The highest BCUT2D eigenvalue weighted by Gasteiger charge is 2.45. The first-order valence-electron chi connectivity index (χ1n) is 13.8. The number of aliphatic carboxylic acids is 1. The molecule has 202 valence electrons. The van der Waals surface area contributed by atoms with Gasteiger partial charge in [-0.05, 0) is 93.8 Å². The van der Waals surface area contributed by atoms with E-state index in [0.29, 0.717) is 18.0 Å². The smallest absolute Gasteiger partial charge is 0.338 e. The number of aromatic nitrogens is 1. The summed E-state index contributed by atoms with van der Waals surface area (Å²) in [6.07, 6.45) is 5.83. The molecule has 2 unspecified atom stereocenters. The largest absolute Gasteiger partial charge is 0.497 e. The van der Waals surface area contributed by atoms with E-state index in [1.165, 1.54) is 24.8 Å². The lowest BCUT2D eigenvalue weighted by Crippen LogP contribution is -2.36. The average molecular weight is 518 g/mol. The summed E-state index contributed by atoms with van der Waals surface area (Å²) in [4.78, 5) is 25.9. The number of nitrogens with zero attached hydrogens (tertiary/aromatic N) is 1. The molecule has 3 aromatic rings. The summed E-state index contributed by atoms with van der Waals surface area (Å²) in [5.41, 5.74) is 4.11. The number of hydrogen-bond donors (Lipinski definition) is 1. The van der Waals surface area contributed by atoms with Gasteiger partial charge in [0.05, 0.1) is 23.8 Å². The van der Waals surface area contributed by atoms with E-state index in [1.807, 2.05) is 65.0 Å². The highest BCUT2D eigenvalue weighted by Crippen LogP contribution is 2.52. The molecule has 1 aromatic heterocycles. The predicted octanol–water partition coefficient (Wildman–Crippen LogP) is 7.53. The standard InChI is InChI=1S/C32H39NO5/c1-19-25-17-22(37-6)13-15-23(25)28-27(20-10-8-7-9-11-20)24-14-12-21(29(34)38-31(2,3)4)16-26(24)33(28)18-32(19,5)30(35)36/h12-17,19-20H,7-11,18H2,1-6H3,(H,35,36). The first kappa shape index (κ1) is 26.3. The van der Waals surface area contributed by atoms with Gasteiger partial charge in [-0.25, -0.2) is 4.79 Å². The maximum atomic E-state index is 13.1. The van der Waals surface area contributed by atoms with Gasteiger partial charge in [0.2, 0.25) is 0 Å². The summed E-state index contributed by atoms with van der Waals surface area (Å²) >= 11 is 0. The Labute approximate surface area is 224 Å². The molecule has 1 aliphatic carbocycles. The molecule has 2 heterocycles. The van der Waals surface area contributed by atoms with Crippen LogP contribution in [0.3, 0.4) is 0 Å². The molecule has 6 nitrogen and oxygen atoms in total. The molecule has 0 saturated heterocycles. The van der Waals surface area contributed by atoms with Gasteiger partial charge in [-0.15, -0.1) is 0 Å². The molecule has 2 aliphatic rings. The highest BCUT2D eigenvalue weighted by atomic mass is 16.6. The van der Waals surface area contributed by atoms with Crippen molar-refractivity contribution in [1.29, 1.82) is 0 Å². The number of carboxylic acid groups (broad SMARTS) is 1. The lowest BCUT2D eigenvalue weighted by molar-refractivity contribution is -0.150. The normalized spacial score (nSPS) is 21.9. The van der Waals surface area contributed by atoms with E-state index in [0.717, 1.165) is 46.3 Å². The monoisotopic (exact) mass is 517 g/mol. The fraction of sp³-hybridized carbons (Fsp3) is 0.500. The minimum absolute atomic E-state index is 0.256. The molecular formula is C32H39NO5. The van der Waals surface area contributed by atoms with Gasteiger partial charge in [-0.3, -0.25) is 4.79 Å². The zero-order chi connectivity index (χ0) is 27.4. The number of carboxylic acids is 1. The van der Waals surface area contributed by atoms with Gasteiger partial charge in [-0.1, -0.05) is 32.3 Å². The van der Waals surface area contributed by atoms with Gasteiger partial charge in [0.1, 0.15) is 11.4 Å². The molecule has 0 amide bonds. The summed E-state index contributed by atoms with van der Waals surface area (Å²) in [6.45, 7) is 9.73. The van der Waals surface area contributed by atoms with E-state index in [9.17, 15) is 14.7 Å². The number of benzene rings is 2. The first-order chi connectivity index (χ1) is 17.9. The van der Waals surface area contributed by atoms with Crippen LogP contribution in [0.1, 0.15) is 100 Å². The summed E-state index contributed by atoms with van der Waals surface area (Å²) in [5.74, 6) is -0.361. The van der Waals surface area contributed by atoms with Crippen molar-refractivity contribution in [3.05, 3.63) is 53.1 Å². The van der Waals surface area contributed by atoms with Gasteiger partial charge in [0, 0.05) is 23.0 Å². The molecule has 1 N–H and O–H groups in total. The van der Waals surface area contributed by atoms with Gasteiger partial charge >= 0.3 is 11.9 Å². The number of carbonyl (C=O) groups is 2. The Kier molecular flexibility index (Phi) is 6.57. The number of fused-ring (bicyclic) bond motifs is 5. The highest BCUT2D eigenvalue weighted by molar-refractivity contribution is 5.99. The molecule has 6 heteroatoms. The van der Waals surface area contributed by atoms with E-state index in [1.54, 1.807) is 7.11 Å². The second-order valence-corrected chi connectivity index (χ2v) is 12.3. The van der Waals surface area contributed by atoms with Crippen LogP contribution < -0.4 is 4.74 Å². The molecule has 38 heavy (non-hydrogen) atoms. The fourth-order valence-corrected chi connectivity index (χ4v) is 6.40. The molecule has 1 fully saturated rings. The lowest BCUT2D eigenvalue weighted by Gasteiger charge is -2.31. The zero-order valence-electron chi connectivity index (χ0n) is 23.4. The molecule has 2 atom stereocenters. The third kappa shape index (κ3) is 4.38. The Hall–Kier alpha value is -3.28. The van der Waals surface area contributed by atoms with Crippen LogP contribution in [0.5, 0.6) is 5.75 Å². The van der Waals surface area contributed by atoms with Crippen LogP contribution in [0, 0.1) is 5.41 Å². The Morgan fingerprint density at radius 1 is 1.05 bits per heavy atom. The predicted molar refractivity (Wildman–Crippen MR) is 149 cm³/mol. The van der Waals surface area contributed by atoms with Crippen molar-refractivity contribution in [2.75, 3.05) is 7.11 Å². The minimum Gasteiger partial charge on any atom is -0.497 e. The van der Waals surface area contributed by atoms with Crippen LogP contribution in [0.4, 0.5) is 0 Å². The molecule has 1 aliphatic heterocycles. The topological polar surface area (TPSA) is 77.8 Å². The van der Waals surface area contributed by atoms with Crippen molar-refractivity contribution in [3.63, 3.8) is 0 Å². The van der Waals surface area contributed by atoms with E-state index in [4.69, 9.17) is 9.47 Å². The fourth-order valence-electron chi connectivity index (χ4n) is 6.40. The van der Waals surface area contributed by atoms with Crippen molar-refractivity contribution in [3.8, 4) is 17.0 Å². The quantitative estimate of drug-likeness (QED) is 0.362. The number of carbonyl (C=O) groups excluding carboxylic acids is 1. The van der Waals surface area contributed by atoms with Gasteiger partial charge < -0.3 is 19.1 Å². The number of hydrogen-bond acceptors (Lipinski definition) is 4. The number of ether oxygens (including phenoxy) is 2. The van der Waals surface area contributed by atoms with Gasteiger partial charge in [-0.2, -0.15) is 0 Å². The Balaban J connectivity index is 1.84. The Bertz CT molecular complexity index is 1410. The van der Waals surface area contributed by atoms with Crippen LogP contribution in [-0.4, -0.2) is 34.3 Å². The molecule has 1 saturated carbocycles. The van der Waals surface area contributed by atoms with Crippen LogP contribution in [-0.2, 0) is 16.1 Å². The van der Waals surface area contributed by atoms with Crippen molar-refractivity contribution >= 4 is 22.8 Å². The Morgan fingerprint density at radius 2 is 1.76 bits per heavy atom. The second-order valence-electron chi connectivity index (χ2n) is 12.3. The van der Waals surface area contributed by atoms with Crippen molar-refractivity contribution in [1.82, 2.24) is 4.57 Å². The summed E-state index contributed by atoms with van der Waals surface area (Å²) < 4.78 is 13.4. The number of methoxy groups -OCH3 is 1. The molecular weight excluding hydrogens is 478 g/mol. The van der Waals surface area contributed by atoms with Gasteiger partial charge in [0.15, 0.2) is 0 Å². The van der Waals surface area contributed by atoms with Crippen molar-refractivity contribution in [2.45, 2.75) is 90.7 Å². The van der Waals surface area contributed by atoms with Crippen molar-refractivity contribution in [2.24, 2.45) is 5.41 Å². The summed E-state index contributed by atoms with van der Waals surface area (Å²) in [5, 5.41) is 11.7. The van der Waals surface area contributed by atoms with Crippen LogP contribution in [0.25, 0.3) is 22.2 Å². The zero-order valence-corrected chi connectivity index (χ0v) is 23.4. The SMILES string of the molecule is COc1ccc2c(c1)C(C)C(C)(C(=O)O)Cn1c-2c(C2CCCCC2)c2ccc(C(=O)OC(C)(C)C)cc21. The van der Waals surface area contributed by atoms with Crippen LogP contribution in [0.15, 0.2) is 36.4 Å². The molecule has 0 spiro atoms. The number of rotatable bonds is 4. The average Bonchev–Trinajstić information content (AvgIpc) is 3.15. The lowest BCUT2D eigenvalue weighted by atomic mass is 9.73. The summed E-state index contributed by atoms with van der Waals surface area (Å²) in [7, 11) is 1.64. The van der Waals surface area contributed by atoms with Crippen LogP contribution >= 0.6 is 0 Å². The first-order valence-corrected chi connectivity index (χ1v) is 13.8. The summed E-state index contributed by atoms with van der Waals surface area (Å²) in [6, 6.07) is 11.9. The van der Waals surface area contributed by atoms with E-state index in [2.05, 4.69) is 10.6 Å². The third-order valence-electron chi connectivity index (χ3n) is 8.66. The van der Waals surface area contributed by atoms with Crippen molar-refractivity contribution < 1.29 is 24.2 Å². The molecule has 5 rings (SSSR count). The van der Waals surface area contributed by atoms with E-state index >= 15 is 0 Å². The van der Waals surface area contributed by atoms with Crippen LogP contribution in [0.2, 0.25) is 0 Å². The van der Waals surface area contributed by atoms with E-state index in [-0.39, 0.29) is 11.9 Å². The molecule has 0 bridgehead atoms. The molecule has 0 radical (unpaired) electrons. The third-order valence-corrected chi connectivity index (χ3v) is 8.66. The molecule has 2 aromatic carbocycles. The minimum atomic E-state index is -1.07. The van der Waals surface area contributed by atoms with E-state index < -0.39 is 17.0 Å². The van der Waals surface area contributed by atoms with Gasteiger partial charge in [0.25, 0.3) is 0 Å². The second kappa shape index (κ2) is 9.48.